The third-order valence-corrected chi connectivity index (χ3v) is 9.11. The third kappa shape index (κ3) is 5.77. The highest BCUT2D eigenvalue weighted by Crippen LogP contribution is 2.50. The van der Waals surface area contributed by atoms with E-state index in [1.165, 1.54) is 109 Å². The lowest BCUT2D eigenvalue weighted by molar-refractivity contribution is 0.0820. The molecule has 0 aromatic rings. The molecule has 3 aliphatic rings. The van der Waals surface area contributed by atoms with Gasteiger partial charge in [0, 0.05) is 0 Å². The summed E-state index contributed by atoms with van der Waals surface area (Å²) in [5, 5.41) is 9.84. The molecule has 0 radical (unpaired) electrons. The standard InChI is InChI=1S/C27H47N/c1-3-5-6-8-22-10-12-23(13-11-22)24-14-16-25(17-15-24)26-9-7-19-27(20-26,21-28)18-4-2/h22-26H,3-20H2,1-2H3. The first-order valence-electron chi connectivity index (χ1n) is 13.1. The van der Waals surface area contributed by atoms with E-state index in [0.29, 0.717) is 0 Å². The number of hydrogen-bond acceptors (Lipinski definition) is 1. The van der Waals surface area contributed by atoms with Crippen LogP contribution in [0.15, 0.2) is 0 Å². The first-order chi connectivity index (χ1) is 13.7. The highest BCUT2D eigenvalue weighted by atomic mass is 14.5. The SMILES string of the molecule is CCCCCC1CCC(C2CCC(C3CCCC(C#N)(CCC)C3)CC2)CC1. The lowest BCUT2D eigenvalue weighted by atomic mass is 9.61. The molecule has 2 unspecified atom stereocenters. The maximum absolute atomic E-state index is 9.84. The van der Waals surface area contributed by atoms with Crippen LogP contribution in [0, 0.1) is 46.3 Å². The van der Waals surface area contributed by atoms with E-state index in [-0.39, 0.29) is 5.41 Å². The Bertz CT molecular complexity index is 471. The fraction of sp³-hybridized carbons (Fsp3) is 0.963. The molecule has 3 aliphatic carbocycles. The quantitative estimate of drug-likeness (QED) is 0.383. The predicted molar refractivity (Wildman–Crippen MR) is 120 cm³/mol. The Labute approximate surface area is 176 Å². The van der Waals surface area contributed by atoms with Crippen molar-refractivity contribution in [1.29, 1.82) is 5.26 Å². The van der Waals surface area contributed by atoms with Gasteiger partial charge in [-0.2, -0.15) is 5.26 Å². The van der Waals surface area contributed by atoms with Gasteiger partial charge in [-0.25, -0.2) is 0 Å². The van der Waals surface area contributed by atoms with E-state index in [4.69, 9.17) is 0 Å². The Morgan fingerprint density at radius 2 is 1.36 bits per heavy atom. The van der Waals surface area contributed by atoms with Crippen molar-refractivity contribution in [2.24, 2.45) is 35.0 Å². The number of hydrogen-bond donors (Lipinski definition) is 0. The Hall–Kier alpha value is -0.510. The highest BCUT2D eigenvalue weighted by molar-refractivity contribution is 5.03. The molecular weight excluding hydrogens is 338 g/mol. The highest BCUT2D eigenvalue weighted by Gasteiger charge is 2.40. The topological polar surface area (TPSA) is 23.8 Å². The summed E-state index contributed by atoms with van der Waals surface area (Å²) in [6, 6.07) is 2.77. The molecule has 0 saturated heterocycles. The summed E-state index contributed by atoms with van der Waals surface area (Å²) in [7, 11) is 0. The van der Waals surface area contributed by atoms with Crippen molar-refractivity contribution in [1.82, 2.24) is 0 Å². The predicted octanol–water partition coefficient (Wildman–Crippen LogP) is 8.68. The largest absolute Gasteiger partial charge is 0.198 e. The van der Waals surface area contributed by atoms with Crippen molar-refractivity contribution in [2.45, 2.75) is 129 Å². The van der Waals surface area contributed by atoms with Gasteiger partial charge in [0.15, 0.2) is 0 Å². The molecule has 3 rings (SSSR count). The summed E-state index contributed by atoms with van der Waals surface area (Å²) in [5.41, 5.74) is 0.0324. The smallest absolute Gasteiger partial charge is 0.0689 e. The van der Waals surface area contributed by atoms with Crippen molar-refractivity contribution in [3.05, 3.63) is 0 Å². The number of unbranched alkanes of at least 4 members (excludes halogenated alkanes) is 2. The average molecular weight is 386 g/mol. The molecule has 0 N–H and O–H groups in total. The second kappa shape index (κ2) is 11.0. The molecule has 160 valence electrons. The van der Waals surface area contributed by atoms with Gasteiger partial charge < -0.3 is 0 Å². The molecule has 0 aromatic carbocycles. The van der Waals surface area contributed by atoms with Gasteiger partial charge in [0.1, 0.15) is 0 Å². The second-order valence-corrected chi connectivity index (χ2v) is 11.0. The summed E-state index contributed by atoms with van der Waals surface area (Å²) < 4.78 is 0. The molecule has 1 heteroatoms. The van der Waals surface area contributed by atoms with E-state index < -0.39 is 0 Å². The molecule has 1 nitrogen and oxygen atoms in total. The molecule has 0 amide bonds. The van der Waals surface area contributed by atoms with E-state index in [2.05, 4.69) is 19.9 Å². The van der Waals surface area contributed by atoms with Crippen LogP contribution < -0.4 is 0 Å². The summed E-state index contributed by atoms with van der Waals surface area (Å²) in [6.45, 7) is 4.58. The first kappa shape index (κ1) is 22.2. The van der Waals surface area contributed by atoms with Gasteiger partial charge in [0.05, 0.1) is 11.5 Å². The molecule has 28 heavy (non-hydrogen) atoms. The van der Waals surface area contributed by atoms with Gasteiger partial charge in [0.2, 0.25) is 0 Å². The lowest BCUT2D eigenvalue weighted by Crippen LogP contribution is -2.34. The number of nitriles is 1. The fourth-order valence-corrected chi connectivity index (χ4v) is 7.39. The van der Waals surface area contributed by atoms with Crippen molar-refractivity contribution in [2.75, 3.05) is 0 Å². The van der Waals surface area contributed by atoms with Crippen molar-refractivity contribution in [3.63, 3.8) is 0 Å². The molecule has 0 aromatic heterocycles. The van der Waals surface area contributed by atoms with Gasteiger partial charge in [-0.3, -0.25) is 0 Å². The minimum absolute atomic E-state index is 0.0324. The molecular formula is C27H47N. The fourth-order valence-electron chi connectivity index (χ4n) is 7.39. The molecule has 0 bridgehead atoms. The van der Waals surface area contributed by atoms with Gasteiger partial charge >= 0.3 is 0 Å². The van der Waals surface area contributed by atoms with Crippen LogP contribution in [0.3, 0.4) is 0 Å². The van der Waals surface area contributed by atoms with Crippen molar-refractivity contribution in [3.8, 4) is 6.07 Å². The van der Waals surface area contributed by atoms with Crippen LogP contribution in [0.25, 0.3) is 0 Å². The zero-order valence-electron chi connectivity index (χ0n) is 19.1. The van der Waals surface area contributed by atoms with E-state index in [0.717, 1.165) is 36.0 Å². The minimum atomic E-state index is 0.0324. The van der Waals surface area contributed by atoms with Crippen LogP contribution >= 0.6 is 0 Å². The van der Waals surface area contributed by atoms with Crippen LogP contribution in [-0.2, 0) is 0 Å². The summed E-state index contributed by atoms with van der Waals surface area (Å²) in [4.78, 5) is 0. The molecule has 0 aliphatic heterocycles. The maximum Gasteiger partial charge on any atom is 0.0689 e. The molecule has 0 heterocycles. The first-order valence-corrected chi connectivity index (χ1v) is 13.1. The Kier molecular flexibility index (Phi) is 8.74. The Balaban J connectivity index is 1.41. The lowest BCUT2D eigenvalue weighted by Gasteiger charge is -2.43. The van der Waals surface area contributed by atoms with Gasteiger partial charge in [-0.05, 0) is 87.4 Å². The van der Waals surface area contributed by atoms with Crippen molar-refractivity contribution < 1.29 is 0 Å². The van der Waals surface area contributed by atoms with Gasteiger partial charge in [-0.15, -0.1) is 0 Å². The Morgan fingerprint density at radius 3 is 1.93 bits per heavy atom. The monoisotopic (exact) mass is 385 g/mol. The van der Waals surface area contributed by atoms with Crippen LogP contribution in [0.4, 0.5) is 0 Å². The van der Waals surface area contributed by atoms with E-state index >= 15 is 0 Å². The zero-order valence-corrected chi connectivity index (χ0v) is 19.1. The average Bonchev–Trinajstić information content (AvgIpc) is 2.75. The number of rotatable bonds is 8. The summed E-state index contributed by atoms with van der Waals surface area (Å²) in [6.07, 6.45) is 25.3. The second-order valence-electron chi connectivity index (χ2n) is 11.0. The normalized spacial score (nSPS) is 39.4. The molecule has 0 spiro atoms. The van der Waals surface area contributed by atoms with Crippen molar-refractivity contribution >= 4 is 0 Å². The van der Waals surface area contributed by atoms with Crippen LogP contribution in [0.1, 0.15) is 129 Å². The van der Waals surface area contributed by atoms with Crippen LogP contribution in [-0.4, -0.2) is 0 Å². The minimum Gasteiger partial charge on any atom is -0.198 e. The summed E-state index contributed by atoms with van der Waals surface area (Å²) >= 11 is 0. The Morgan fingerprint density at radius 1 is 0.750 bits per heavy atom. The third-order valence-electron chi connectivity index (χ3n) is 9.11. The van der Waals surface area contributed by atoms with Gasteiger partial charge in [0.25, 0.3) is 0 Å². The van der Waals surface area contributed by atoms with E-state index in [1.807, 2.05) is 0 Å². The molecule has 3 saturated carbocycles. The van der Waals surface area contributed by atoms with Crippen LogP contribution in [0.2, 0.25) is 0 Å². The van der Waals surface area contributed by atoms with Gasteiger partial charge in [-0.1, -0.05) is 71.6 Å². The molecule has 3 fully saturated rings. The maximum atomic E-state index is 9.84. The number of nitrogens with zero attached hydrogens (tertiary/aromatic N) is 1. The van der Waals surface area contributed by atoms with E-state index in [1.54, 1.807) is 0 Å². The van der Waals surface area contributed by atoms with E-state index in [9.17, 15) is 5.26 Å². The molecule has 2 atom stereocenters. The zero-order chi connectivity index (χ0) is 19.8. The van der Waals surface area contributed by atoms with Crippen LogP contribution in [0.5, 0.6) is 0 Å². The summed E-state index contributed by atoms with van der Waals surface area (Å²) in [5.74, 6) is 4.93.